The molecule has 0 aromatic carbocycles. The summed E-state index contributed by atoms with van der Waals surface area (Å²) in [5.74, 6) is -2.13. The minimum absolute atomic E-state index is 0.00340. The van der Waals surface area contributed by atoms with E-state index in [1.165, 1.54) is 4.90 Å². The van der Waals surface area contributed by atoms with Gasteiger partial charge in [0.2, 0.25) is 0 Å². The third-order valence-electron chi connectivity index (χ3n) is 10.3. The van der Waals surface area contributed by atoms with Gasteiger partial charge >= 0.3 is 6.09 Å². The zero-order valence-corrected chi connectivity index (χ0v) is 24.2. The van der Waals surface area contributed by atoms with Crippen LogP contribution < -0.4 is 0 Å². The summed E-state index contributed by atoms with van der Waals surface area (Å²) in [4.78, 5) is 29.3. The predicted octanol–water partition coefficient (Wildman–Crippen LogP) is 4.22. The number of carbonyl (C=O) groups excluding carboxylic acids is 2. The molecule has 38 heavy (non-hydrogen) atoms. The Morgan fingerprint density at radius 3 is 2.55 bits per heavy atom. The Morgan fingerprint density at radius 1 is 1.34 bits per heavy atom. The Hall–Kier alpha value is -2.21. The van der Waals surface area contributed by atoms with Crippen molar-refractivity contribution in [2.45, 2.75) is 91.8 Å². The molecule has 2 fully saturated rings. The molecule has 2 N–H and O–H groups in total. The lowest BCUT2D eigenvalue weighted by atomic mass is 9.57. The summed E-state index contributed by atoms with van der Waals surface area (Å²) in [6.45, 7) is 15.0. The largest absolute Gasteiger partial charge is 0.438 e. The number of Topliss-reactive ketones (excluding diaryl/α,β-unsaturated/α-hetero) is 1. The smallest absolute Gasteiger partial charge is 0.410 e. The maximum atomic E-state index is 14.7. The first-order valence-corrected chi connectivity index (χ1v) is 13.8. The summed E-state index contributed by atoms with van der Waals surface area (Å²) in [6.07, 6.45) is 3.09. The molecule has 0 saturated heterocycles. The zero-order chi connectivity index (χ0) is 28.6. The molecular formula is C30H44N2O6. The molecule has 4 rings (SSSR count). The van der Waals surface area contributed by atoms with E-state index < -0.39 is 40.8 Å². The summed E-state index contributed by atoms with van der Waals surface area (Å²) < 4.78 is 11.8. The molecule has 9 atom stereocenters. The molecular weight excluding hydrogens is 484 g/mol. The normalized spacial score (nSPS) is 39.9. The van der Waals surface area contributed by atoms with Crippen LogP contribution >= 0.6 is 0 Å². The van der Waals surface area contributed by atoms with Crippen LogP contribution in [0.25, 0.3) is 0 Å². The van der Waals surface area contributed by atoms with Crippen molar-refractivity contribution in [3.63, 3.8) is 0 Å². The van der Waals surface area contributed by atoms with E-state index in [0.29, 0.717) is 11.5 Å². The van der Waals surface area contributed by atoms with Gasteiger partial charge in [-0.25, -0.2) is 4.79 Å². The average molecular weight is 529 g/mol. The van der Waals surface area contributed by atoms with E-state index in [0.717, 1.165) is 12.0 Å². The highest BCUT2D eigenvalue weighted by Gasteiger charge is 2.75. The Labute approximate surface area is 226 Å². The quantitative estimate of drug-likeness (QED) is 0.391. The Kier molecular flexibility index (Phi) is 6.95. The van der Waals surface area contributed by atoms with Gasteiger partial charge in [0, 0.05) is 24.9 Å². The highest BCUT2D eigenvalue weighted by Crippen LogP contribution is 2.72. The molecule has 0 heterocycles. The van der Waals surface area contributed by atoms with Gasteiger partial charge in [-0.3, -0.25) is 4.79 Å². The van der Waals surface area contributed by atoms with Crippen LogP contribution in [0.4, 0.5) is 4.79 Å². The summed E-state index contributed by atoms with van der Waals surface area (Å²) in [5, 5.41) is 32.3. The van der Waals surface area contributed by atoms with Gasteiger partial charge in [-0.2, -0.15) is 5.26 Å². The standard InChI is InChI=1S/C30H44N2O6/c1-16-14-29-17(2)12-22-23(27(22,5)6)21(24(29)33)13-20(15-37-28(7,8)35)19(4)30(29,36)25(16)38-26(34)32(9)18(3)10-11-31/h13-14,17-19,21-23,25,35-36H,10,12,15H2,1-9H3/t17-,18?,19-,21+,22-,23+,25?,29+,30?/m1/s1. The van der Waals surface area contributed by atoms with E-state index in [9.17, 15) is 19.8 Å². The third kappa shape index (κ3) is 4.04. The fraction of sp³-hybridized carbons (Fsp3) is 0.767. The number of rotatable bonds is 6. The number of nitriles is 1. The lowest BCUT2D eigenvalue weighted by Gasteiger charge is -2.50. The first-order valence-electron chi connectivity index (χ1n) is 13.8. The third-order valence-corrected chi connectivity index (χ3v) is 10.3. The molecule has 0 aliphatic heterocycles. The van der Waals surface area contributed by atoms with Crippen LogP contribution in [0, 0.1) is 51.8 Å². The molecule has 8 heteroatoms. The minimum atomic E-state index is -1.74. The molecule has 2 bridgehead atoms. The fourth-order valence-corrected chi connectivity index (χ4v) is 7.79. The van der Waals surface area contributed by atoms with Crippen LogP contribution in [-0.4, -0.2) is 64.2 Å². The Balaban J connectivity index is 1.82. The number of fused-ring (bicyclic) bond motifs is 3. The molecule has 1 amide bonds. The Morgan fingerprint density at radius 2 is 1.97 bits per heavy atom. The summed E-state index contributed by atoms with van der Waals surface area (Å²) in [6, 6.07) is 1.70. The van der Waals surface area contributed by atoms with Gasteiger partial charge in [0.05, 0.1) is 24.5 Å². The summed E-state index contributed by atoms with van der Waals surface area (Å²) >= 11 is 0. The van der Waals surface area contributed by atoms with Crippen molar-refractivity contribution < 1.29 is 29.3 Å². The number of amides is 1. The van der Waals surface area contributed by atoms with E-state index in [-0.39, 0.29) is 42.1 Å². The first kappa shape index (κ1) is 28.8. The minimum Gasteiger partial charge on any atom is -0.438 e. The van der Waals surface area contributed by atoms with Crippen LogP contribution in [0.3, 0.4) is 0 Å². The number of hydrogen-bond donors (Lipinski definition) is 2. The highest BCUT2D eigenvalue weighted by molar-refractivity contribution is 5.95. The number of carbonyl (C=O) groups is 2. The highest BCUT2D eigenvalue weighted by atomic mass is 16.6. The van der Waals surface area contributed by atoms with Crippen molar-refractivity contribution in [2.75, 3.05) is 13.7 Å². The molecule has 0 aromatic heterocycles. The second kappa shape index (κ2) is 9.18. The van der Waals surface area contributed by atoms with E-state index in [2.05, 4.69) is 19.9 Å². The summed E-state index contributed by atoms with van der Waals surface area (Å²) in [5.41, 5.74) is -1.61. The van der Waals surface area contributed by atoms with Crippen LogP contribution in [0.1, 0.15) is 68.2 Å². The SMILES string of the molecule is CC1=C[C@]23C(=O)[C@@H](C=C(COC(C)(C)O)[C@@H](C)C2(O)C1OC(=O)N(C)C(C)CC#N)[C@H]1[C@@H](C[C@H]3C)C1(C)C. The number of ketones is 1. The van der Waals surface area contributed by atoms with Crippen LogP contribution in [0.5, 0.6) is 0 Å². The lowest BCUT2D eigenvalue weighted by Crippen LogP contribution is -2.63. The van der Waals surface area contributed by atoms with Gasteiger partial charge in [-0.15, -0.1) is 0 Å². The molecule has 8 nitrogen and oxygen atoms in total. The van der Waals surface area contributed by atoms with Crippen molar-refractivity contribution in [3.05, 3.63) is 23.3 Å². The van der Waals surface area contributed by atoms with Crippen molar-refractivity contribution >= 4 is 11.9 Å². The van der Waals surface area contributed by atoms with Crippen LogP contribution in [0.2, 0.25) is 0 Å². The number of hydrogen-bond acceptors (Lipinski definition) is 7. The number of ether oxygens (including phenoxy) is 2. The van der Waals surface area contributed by atoms with Gasteiger partial charge in [-0.05, 0) is 68.4 Å². The van der Waals surface area contributed by atoms with E-state index in [1.54, 1.807) is 27.8 Å². The topological polar surface area (TPSA) is 120 Å². The fourth-order valence-electron chi connectivity index (χ4n) is 7.79. The van der Waals surface area contributed by atoms with Gasteiger partial charge in [-0.1, -0.05) is 39.8 Å². The second-order valence-corrected chi connectivity index (χ2v) is 13.3. The number of allylic oxidation sites excluding steroid dienone is 1. The van der Waals surface area contributed by atoms with E-state index >= 15 is 0 Å². The first-order chi connectivity index (χ1) is 17.4. The molecule has 1 spiro atoms. The van der Waals surface area contributed by atoms with E-state index in [4.69, 9.17) is 14.7 Å². The van der Waals surface area contributed by atoms with Gasteiger partial charge in [0.25, 0.3) is 0 Å². The summed E-state index contributed by atoms with van der Waals surface area (Å²) in [7, 11) is 1.57. The predicted molar refractivity (Wildman–Crippen MR) is 141 cm³/mol. The van der Waals surface area contributed by atoms with Crippen molar-refractivity contribution in [1.82, 2.24) is 4.90 Å². The molecule has 3 unspecified atom stereocenters. The average Bonchev–Trinajstić information content (AvgIpc) is 3.31. The monoisotopic (exact) mass is 528 g/mol. The van der Waals surface area contributed by atoms with Crippen LogP contribution in [-0.2, 0) is 14.3 Å². The molecule has 210 valence electrons. The molecule has 4 aliphatic rings. The number of aliphatic hydroxyl groups is 2. The maximum Gasteiger partial charge on any atom is 0.410 e. The lowest BCUT2D eigenvalue weighted by molar-refractivity contribution is -0.184. The zero-order valence-electron chi connectivity index (χ0n) is 24.2. The van der Waals surface area contributed by atoms with Crippen LogP contribution in [0.15, 0.2) is 23.3 Å². The van der Waals surface area contributed by atoms with Crippen molar-refractivity contribution in [3.8, 4) is 6.07 Å². The van der Waals surface area contributed by atoms with Gasteiger partial charge in [0.1, 0.15) is 5.60 Å². The molecule has 4 aliphatic carbocycles. The van der Waals surface area contributed by atoms with Gasteiger partial charge < -0.3 is 24.6 Å². The van der Waals surface area contributed by atoms with E-state index in [1.807, 2.05) is 32.9 Å². The Bertz CT molecular complexity index is 1110. The van der Waals surface area contributed by atoms with Crippen molar-refractivity contribution in [1.29, 1.82) is 5.26 Å². The molecule has 0 radical (unpaired) electrons. The van der Waals surface area contributed by atoms with Gasteiger partial charge in [0.15, 0.2) is 17.7 Å². The number of nitrogens with zero attached hydrogens (tertiary/aromatic N) is 2. The molecule has 2 saturated carbocycles. The second-order valence-electron chi connectivity index (χ2n) is 13.3. The molecule has 0 aromatic rings. The maximum absolute atomic E-state index is 14.7. The van der Waals surface area contributed by atoms with Crippen molar-refractivity contribution in [2.24, 2.45) is 40.4 Å².